The monoisotopic (exact) mass is 320 g/mol. The zero-order valence-electron chi connectivity index (χ0n) is 13.0. The molecule has 1 saturated heterocycles. The number of rotatable bonds is 4. The lowest BCUT2D eigenvalue weighted by Gasteiger charge is -2.30. The first-order chi connectivity index (χ1) is 10.7. The second-order valence-corrected chi connectivity index (χ2v) is 7.16. The number of hydrogen-bond donors (Lipinski definition) is 2. The van der Waals surface area contributed by atoms with Gasteiger partial charge < -0.3 is 10.6 Å². The Balaban J connectivity index is 1.71. The summed E-state index contributed by atoms with van der Waals surface area (Å²) in [5, 5.41) is 7.35. The second-order valence-electron chi connectivity index (χ2n) is 6.72. The molecule has 1 heterocycles. The van der Waals surface area contributed by atoms with Gasteiger partial charge in [0.15, 0.2) is 0 Å². The highest BCUT2D eigenvalue weighted by Crippen LogP contribution is 2.42. The molecule has 3 nitrogen and oxygen atoms in total. The van der Waals surface area contributed by atoms with Crippen LogP contribution in [0.2, 0.25) is 5.02 Å². The third kappa shape index (κ3) is 3.31. The van der Waals surface area contributed by atoms with Crippen LogP contribution in [0.1, 0.15) is 44.1 Å². The summed E-state index contributed by atoms with van der Waals surface area (Å²) in [6.45, 7) is 2.91. The maximum Gasteiger partial charge on any atom is 0.230 e. The minimum absolute atomic E-state index is 0.192. The van der Waals surface area contributed by atoms with E-state index >= 15 is 0 Å². The molecular formula is C18H25ClN2O. The van der Waals surface area contributed by atoms with E-state index in [1.165, 1.54) is 12.8 Å². The van der Waals surface area contributed by atoms with Gasteiger partial charge in [0, 0.05) is 11.6 Å². The van der Waals surface area contributed by atoms with Crippen LogP contribution in [0.25, 0.3) is 0 Å². The number of nitrogens with one attached hydrogen (secondary N) is 2. The molecule has 0 aromatic heterocycles. The first-order valence-corrected chi connectivity index (χ1v) is 8.83. The predicted octanol–water partition coefficient (Wildman–Crippen LogP) is 3.27. The normalized spacial score (nSPS) is 24.1. The molecule has 0 spiro atoms. The van der Waals surface area contributed by atoms with Crippen molar-refractivity contribution >= 4 is 17.5 Å². The predicted molar refractivity (Wildman–Crippen MR) is 90.2 cm³/mol. The van der Waals surface area contributed by atoms with E-state index in [1.54, 1.807) is 0 Å². The lowest BCUT2D eigenvalue weighted by atomic mass is 9.78. The summed E-state index contributed by atoms with van der Waals surface area (Å²) in [6.07, 6.45) is 6.51. The zero-order chi connectivity index (χ0) is 15.4. The molecule has 22 heavy (non-hydrogen) atoms. The zero-order valence-corrected chi connectivity index (χ0v) is 13.8. The lowest BCUT2D eigenvalue weighted by Crippen LogP contribution is -2.46. The van der Waals surface area contributed by atoms with Crippen molar-refractivity contribution in [1.29, 1.82) is 0 Å². The van der Waals surface area contributed by atoms with Crippen LogP contribution in [0.4, 0.5) is 0 Å². The smallest absolute Gasteiger partial charge is 0.230 e. The average Bonchev–Trinajstić information content (AvgIpc) is 3.05. The van der Waals surface area contributed by atoms with Gasteiger partial charge in [0.25, 0.3) is 0 Å². The third-order valence-electron chi connectivity index (χ3n) is 5.22. The highest BCUT2D eigenvalue weighted by molar-refractivity contribution is 6.30. The minimum atomic E-state index is -0.368. The number of hydrogen-bond acceptors (Lipinski definition) is 2. The van der Waals surface area contributed by atoms with Crippen LogP contribution in [0.15, 0.2) is 24.3 Å². The van der Waals surface area contributed by atoms with Crippen LogP contribution in [0.3, 0.4) is 0 Å². The second kappa shape index (κ2) is 7.01. The van der Waals surface area contributed by atoms with Gasteiger partial charge in [-0.3, -0.25) is 4.79 Å². The van der Waals surface area contributed by atoms with Crippen molar-refractivity contribution in [2.24, 2.45) is 5.92 Å². The molecule has 1 aliphatic carbocycles. The van der Waals surface area contributed by atoms with Gasteiger partial charge in [0.2, 0.25) is 5.91 Å². The molecule has 0 bridgehead atoms. The Morgan fingerprint density at radius 2 is 2.14 bits per heavy atom. The third-order valence-corrected chi connectivity index (χ3v) is 5.45. The van der Waals surface area contributed by atoms with Gasteiger partial charge in [0.05, 0.1) is 5.41 Å². The van der Waals surface area contributed by atoms with E-state index in [0.717, 1.165) is 50.9 Å². The molecule has 1 amide bonds. The van der Waals surface area contributed by atoms with E-state index in [-0.39, 0.29) is 11.3 Å². The summed E-state index contributed by atoms with van der Waals surface area (Å²) in [5.41, 5.74) is 0.712. The largest absolute Gasteiger partial charge is 0.355 e. The average molecular weight is 321 g/mol. The Hall–Kier alpha value is -1.06. The summed E-state index contributed by atoms with van der Waals surface area (Å²) in [7, 11) is 0. The van der Waals surface area contributed by atoms with E-state index in [2.05, 4.69) is 16.7 Å². The van der Waals surface area contributed by atoms with Gasteiger partial charge in [-0.1, -0.05) is 36.6 Å². The molecule has 120 valence electrons. The van der Waals surface area contributed by atoms with Crippen molar-refractivity contribution in [3.05, 3.63) is 34.9 Å². The van der Waals surface area contributed by atoms with Crippen molar-refractivity contribution in [1.82, 2.24) is 10.6 Å². The van der Waals surface area contributed by atoms with Gasteiger partial charge in [0.1, 0.15) is 0 Å². The molecule has 0 radical (unpaired) electrons. The summed E-state index contributed by atoms with van der Waals surface area (Å²) < 4.78 is 0. The van der Waals surface area contributed by atoms with Crippen LogP contribution in [-0.2, 0) is 10.2 Å². The number of benzene rings is 1. The topological polar surface area (TPSA) is 41.1 Å². The molecule has 2 N–H and O–H groups in total. The molecule has 1 unspecified atom stereocenters. The summed E-state index contributed by atoms with van der Waals surface area (Å²) in [5.74, 6) is 0.758. The number of carbonyl (C=O) groups is 1. The molecule has 4 heteroatoms. The molecule has 2 fully saturated rings. The Morgan fingerprint density at radius 3 is 2.82 bits per heavy atom. The fourth-order valence-electron chi connectivity index (χ4n) is 3.92. The SMILES string of the molecule is O=C(NCC1CCCNC1)C1(c2cccc(Cl)c2)CCCC1. The summed E-state index contributed by atoms with van der Waals surface area (Å²) in [4.78, 5) is 12.9. The summed E-state index contributed by atoms with van der Waals surface area (Å²) >= 11 is 6.15. The molecule has 1 atom stereocenters. The molecule has 2 aliphatic rings. The molecular weight excluding hydrogens is 296 g/mol. The van der Waals surface area contributed by atoms with Crippen LogP contribution in [0.5, 0.6) is 0 Å². The van der Waals surface area contributed by atoms with Crippen molar-refractivity contribution in [3.8, 4) is 0 Å². The quantitative estimate of drug-likeness (QED) is 0.894. The number of amides is 1. The first-order valence-electron chi connectivity index (χ1n) is 8.46. The highest BCUT2D eigenvalue weighted by Gasteiger charge is 2.42. The Kier molecular flexibility index (Phi) is 5.04. The van der Waals surface area contributed by atoms with E-state index in [4.69, 9.17) is 11.6 Å². The Morgan fingerprint density at radius 1 is 1.32 bits per heavy atom. The minimum Gasteiger partial charge on any atom is -0.355 e. The van der Waals surface area contributed by atoms with Crippen LogP contribution >= 0.6 is 11.6 Å². The maximum atomic E-state index is 12.9. The molecule has 3 rings (SSSR count). The number of halogens is 1. The fraction of sp³-hybridized carbons (Fsp3) is 0.611. The number of carbonyl (C=O) groups excluding carboxylic acids is 1. The van der Waals surface area contributed by atoms with Crippen LogP contribution < -0.4 is 10.6 Å². The maximum absolute atomic E-state index is 12.9. The van der Waals surface area contributed by atoms with Gasteiger partial charge >= 0.3 is 0 Å². The van der Waals surface area contributed by atoms with Crippen molar-refractivity contribution in [2.75, 3.05) is 19.6 Å². The standard InChI is InChI=1S/C18H25ClN2O/c19-16-7-3-6-15(11-16)18(8-1-2-9-18)17(22)21-13-14-5-4-10-20-12-14/h3,6-7,11,14,20H,1-2,4-5,8-10,12-13H2,(H,21,22). The molecule has 1 saturated carbocycles. The van der Waals surface area contributed by atoms with Crippen molar-refractivity contribution < 1.29 is 4.79 Å². The van der Waals surface area contributed by atoms with Crippen LogP contribution in [-0.4, -0.2) is 25.5 Å². The molecule has 1 aliphatic heterocycles. The van der Waals surface area contributed by atoms with Crippen molar-refractivity contribution in [2.45, 2.75) is 43.9 Å². The van der Waals surface area contributed by atoms with Gasteiger partial charge in [-0.05, 0) is 62.4 Å². The lowest BCUT2D eigenvalue weighted by molar-refractivity contribution is -0.126. The van der Waals surface area contributed by atoms with Gasteiger partial charge in [-0.2, -0.15) is 0 Å². The van der Waals surface area contributed by atoms with E-state index < -0.39 is 0 Å². The van der Waals surface area contributed by atoms with E-state index in [1.807, 2.05) is 18.2 Å². The van der Waals surface area contributed by atoms with E-state index in [0.29, 0.717) is 10.9 Å². The number of piperidine rings is 1. The highest BCUT2D eigenvalue weighted by atomic mass is 35.5. The fourth-order valence-corrected chi connectivity index (χ4v) is 4.11. The van der Waals surface area contributed by atoms with E-state index in [9.17, 15) is 4.79 Å². The molecule has 1 aromatic carbocycles. The van der Waals surface area contributed by atoms with Crippen LogP contribution in [0, 0.1) is 5.92 Å². The van der Waals surface area contributed by atoms with Gasteiger partial charge in [-0.15, -0.1) is 0 Å². The Labute approximate surface area is 137 Å². The van der Waals surface area contributed by atoms with Gasteiger partial charge in [-0.25, -0.2) is 0 Å². The van der Waals surface area contributed by atoms with Crippen molar-refractivity contribution in [3.63, 3.8) is 0 Å². The molecule has 1 aromatic rings. The first kappa shape index (κ1) is 15.8. The Bertz CT molecular complexity index is 520. The summed E-state index contributed by atoms with van der Waals surface area (Å²) in [6, 6.07) is 7.85.